The Morgan fingerprint density at radius 2 is 1.65 bits per heavy atom. The van der Waals surface area contributed by atoms with Crippen molar-refractivity contribution in [3.63, 3.8) is 0 Å². The highest BCUT2D eigenvalue weighted by atomic mass is 19.2. The van der Waals surface area contributed by atoms with E-state index in [2.05, 4.69) is 0 Å². The van der Waals surface area contributed by atoms with Crippen molar-refractivity contribution in [2.45, 2.75) is 19.8 Å². The lowest BCUT2D eigenvalue weighted by Gasteiger charge is -2.29. The van der Waals surface area contributed by atoms with Crippen molar-refractivity contribution >= 4 is 17.3 Å². The average Bonchev–Trinajstić information content (AvgIpc) is 2.42. The Labute approximate surface area is 115 Å². The van der Waals surface area contributed by atoms with Gasteiger partial charge in [-0.1, -0.05) is 17.7 Å². The molecule has 2 aromatic rings. The van der Waals surface area contributed by atoms with Crippen LogP contribution in [0.1, 0.15) is 17.5 Å². The largest absolute Gasteiger partial charge is 0.281 e. The Kier molecular flexibility index (Phi) is 3.01. The van der Waals surface area contributed by atoms with Gasteiger partial charge in [0.15, 0.2) is 11.6 Å². The summed E-state index contributed by atoms with van der Waals surface area (Å²) >= 11 is 0. The van der Waals surface area contributed by atoms with E-state index in [1.165, 1.54) is 11.0 Å². The molecule has 4 heteroatoms. The summed E-state index contributed by atoms with van der Waals surface area (Å²) in [6.07, 6.45) is 0.736. The van der Waals surface area contributed by atoms with Crippen LogP contribution in [0.3, 0.4) is 0 Å². The number of carbonyl (C=O) groups excluding carboxylic acids is 1. The highest BCUT2D eigenvalue weighted by Crippen LogP contribution is 2.35. The van der Waals surface area contributed by atoms with Crippen LogP contribution >= 0.6 is 0 Å². The fourth-order valence-corrected chi connectivity index (χ4v) is 2.45. The van der Waals surface area contributed by atoms with E-state index in [4.69, 9.17) is 0 Å². The number of benzene rings is 2. The lowest BCUT2D eigenvalue weighted by Crippen LogP contribution is -2.31. The van der Waals surface area contributed by atoms with E-state index in [9.17, 15) is 13.6 Å². The molecule has 0 saturated carbocycles. The fourth-order valence-electron chi connectivity index (χ4n) is 2.45. The lowest BCUT2D eigenvalue weighted by atomic mass is 10.00. The van der Waals surface area contributed by atoms with Crippen LogP contribution in [0.4, 0.5) is 20.2 Å². The third kappa shape index (κ3) is 2.07. The van der Waals surface area contributed by atoms with Crippen LogP contribution in [0.25, 0.3) is 0 Å². The van der Waals surface area contributed by atoms with Crippen LogP contribution in [0.5, 0.6) is 0 Å². The van der Waals surface area contributed by atoms with Gasteiger partial charge in [-0.3, -0.25) is 9.69 Å². The molecule has 0 aromatic heterocycles. The van der Waals surface area contributed by atoms with Gasteiger partial charge in [-0.15, -0.1) is 0 Å². The molecule has 0 saturated heterocycles. The molecule has 0 radical (unpaired) electrons. The maximum absolute atomic E-state index is 13.5. The molecule has 102 valence electrons. The minimum Gasteiger partial charge on any atom is -0.281 e. The van der Waals surface area contributed by atoms with Gasteiger partial charge in [0, 0.05) is 18.2 Å². The summed E-state index contributed by atoms with van der Waals surface area (Å²) < 4.78 is 26.8. The molecular weight excluding hydrogens is 260 g/mol. The molecule has 0 fully saturated rings. The number of amides is 1. The first-order valence-electron chi connectivity index (χ1n) is 6.44. The Morgan fingerprint density at radius 1 is 1.00 bits per heavy atom. The molecule has 3 rings (SSSR count). The maximum Gasteiger partial charge on any atom is 0.231 e. The zero-order valence-electron chi connectivity index (χ0n) is 11.0. The fraction of sp³-hybridized carbons (Fsp3) is 0.188. The van der Waals surface area contributed by atoms with Crippen molar-refractivity contribution in [1.82, 2.24) is 0 Å². The normalized spacial score (nSPS) is 14.3. The molecule has 1 aliphatic heterocycles. The van der Waals surface area contributed by atoms with Crippen molar-refractivity contribution in [3.05, 3.63) is 59.2 Å². The van der Waals surface area contributed by atoms with E-state index in [0.717, 1.165) is 11.6 Å². The van der Waals surface area contributed by atoms with Crippen LogP contribution < -0.4 is 4.90 Å². The van der Waals surface area contributed by atoms with Gasteiger partial charge in [-0.25, -0.2) is 8.78 Å². The number of rotatable bonds is 1. The third-order valence-electron chi connectivity index (χ3n) is 3.51. The lowest BCUT2D eigenvalue weighted by molar-refractivity contribution is -0.118. The van der Waals surface area contributed by atoms with Gasteiger partial charge in [0.2, 0.25) is 5.91 Å². The molecule has 1 amide bonds. The van der Waals surface area contributed by atoms with Crippen molar-refractivity contribution in [1.29, 1.82) is 0 Å². The summed E-state index contributed by atoms with van der Waals surface area (Å²) in [4.78, 5) is 13.6. The zero-order valence-corrected chi connectivity index (χ0v) is 11.0. The minimum atomic E-state index is -0.935. The Bertz CT molecular complexity index is 680. The third-order valence-corrected chi connectivity index (χ3v) is 3.51. The summed E-state index contributed by atoms with van der Waals surface area (Å²) in [6.45, 7) is 1.95. The van der Waals surface area contributed by atoms with Gasteiger partial charge >= 0.3 is 0 Å². The standard InChI is InChI=1S/C16H13F2NO/c1-10-2-5-12(6-3-10)19-15-9-14(18)13(17)8-11(15)4-7-16(19)20/h2-3,5-6,8-9H,4,7H2,1H3. The van der Waals surface area contributed by atoms with Gasteiger partial charge in [0.1, 0.15) is 0 Å². The van der Waals surface area contributed by atoms with Crippen molar-refractivity contribution in [3.8, 4) is 0 Å². The highest BCUT2D eigenvalue weighted by molar-refractivity contribution is 6.03. The van der Waals surface area contributed by atoms with Crippen molar-refractivity contribution in [2.75, 3.05) is 4.90 Å². The summed E-state index contributed by atoms with van der Waals surface area (Å²) in [5, 5.41) is 0. The van der Waals surface area contributed by atoms with Crippen molar-refractivity contribution < 1.29 is 13.6 Å². The molecule has 0 spiro atoms. The number of aryl methyl sites for hydroxylation is 2. The van der Waals surface area contributed by atoms with Crippen LogP contribution in [0.15, 0.2) is 36.4 Å². The van der Waals surface area contributed by atoms with Crippen LogP contribution in [0, 0.1) is 18.6 Å². The Morgan fingerprint density at radius 3 is 2.35 bits per heavy atom. The zero-order chi connectivity index (χ0) is 14.3. The van der Waals surface area contributed by atoms with Crippen LogP contribution in [-0.2, 0) is 11.2 Å². The summed E-state index contributed by atoms with van der Waals surface area (Å²) in [6, 6.07) is 9.67. The van der Waals surface area contributed by atoms with E-state index in [1.807, 2.05) is 31.2 Å². The monoisotopic (exact) mass is 273 g/mol. The Balaban J connectivity index is 2.14. The number of carbonyl (C=O) groups is 1. The molecule has 0 aliphatic carbocycles. The number of nitrogens with zero attached hydrogens (tertiary/aromatic N) is 1. The van der Waals surface area contributed by atoms with E-state index in [1.54, 1.807) is 0 Å². The molecular formula is C16H13F2NO. The van der Waals surface area contributed by atoms with E-state index in [0.29, 0.717) is 29.8 Å². The SMILES string of the molecule is Cc1ccc(N2C(=O)CCc3cc(F)c(F)cc32)cc1. The van der Waals surface area contributed by atoms with Gasteiger partial charge in [-0.05, 0) is 37.1 Å². The van der Waals surface area contributed by atoms with E-state index in [-0.39, 0.29) is 5.91 Å². The highest BCUT2D eigenvalue weighted by Gasteiger charge is 2.27. The summed E-state index contributed by atoms with van der Waals surface area (Å²) in [5.41, 5.74) is 2.84. The number of anilines is 2. The van der Waals surface area contributed by atoms with Crippen molar-refractivity contribution in [2.24, 2.45) is 0 Å². The summed E-state index contributed by atoms with van der Waals surface area (Å²) in [7, 11) is 0. The first kappa shape index (κ1) is 12.8. The first-order valence-corrected chi connectivity index (χ1v) is 6.44. The molecule has 0 unspecified atom stereocenters. The predicted octanol–water partition coefficient (Wildman–Crippen LogP) is 3.88. The Hall–Kier alpha value is -2.23. The smallest absolute Gasteiger partial charge is 0.231 e. The maximum atomic E-state index is 13.5. The second kappa shape index (κ2) is 4.71. The molecule has 1 aliphatic rings. The molecule has 2 aromatic carbocycles. The molecule has 1 heterocycles. The summed E-state index contributed by atoms with van der Waals surface area (Å²) in [5.74, 6) is -1.91. The number of hydrogen-bond donors (Lipinski definition) is 0. The number of halogens is 2. The first-order chi connectivity index (χ1) is 9.56. The quantitative estimate of drug-likeness (QED) is 0.772. The molecule has 20 heavy (non-hydrogen) atoms. The molecule has 0 atom stereocenters. The van der Waals surface area contributed by atoms with Crippen LogP contribution in [-0.4, -0.2) is 5.91 Å². The number of hydrogen-bond acceptors (Lipinski definition) is 1. The van der Waals surface area contributed by atoms with Gasteiger partial charge < -0.3 is 0 Å². The van der Waals surface area contributed by atoms with Gasteiger partial charge in [0.25, 0.3) is 0 Å². The van der Waals surface area contributed by atoms with Gasteiger partial charge in [-0.2, -0.15) is 0 Å². The second-order valence-electron chi connectivity index (χ2n) is 4.96. The van der Waals surface area contributed by atoms with Crippen LogP contribution in [0.2, 0.25) is 0 Å². The average molecular weight is 273 g/mol. The van der Waals surface area contributed by atoms with Gasteiger partial charge in [0.05, 0.1) is 5.69 Å². The van der Waals surface area contributed by atoms with E-state index < -0.39 is 11.6 Å². The topological polar surface area (TPSA) is 20.3 Å². The molecule has 0 N–H and O–H groups in total. The predicted molar refractivity (Wildman–Crippen MR) is 73.0 cm³/mol. The van der Waals surface area contributed by atoms with E-state index >= 15 is 0 Å². The molecule has 2 nitrogen and oxygen atoms in total. The second-order valence-corrected chi connectivity index (χ2v) is 4.96. The minimum absolute atomic E-state index is 0.104. The molecule has 0 bridgehead atoms. The number of fused-ring (bicyclic) bond motifs is 1.